The summed E-state index contributed by atoms with van der Waals surface area (Å²) in [5, 5.41) is 3.11. The predicted molar refractivity (Wildman–Crippen MR) is 105 cm³/mol. The Balaban J connectivity index is 1.37. The van der Waals surface area contributed by atoms with Crippen LogP contribution in [-0.2, 0) is 4.74 Å². The van der Waals surface area contributed by atoms with Crippen LogP contribution in [0.2, 0.25) is 0 Å². The van der Waals surface area contributed by atoms with Gasteiger partial charge in [-0.25, -0.2) is 4.98 Å². The number of pyridine rings is 1. The predicted octanol–water partition coefficient (Wildman–Crippen LogP) is 1.36. The van der Waals surface area contributed by atoms with Crippen LogP contribution in [0.3, 0.4) is 0 Å². The number of hydrogen-bond acceptors (Lipinski definition) is 6. The molecular formula is C21H26N4O3. The van der Waals surface area contributed by atoms with E-state index in [0.29, 0.717) is 37.2 Å². The molecule has 3 N–H and O–H groups in total. The maximum atomic E-state index is 12.7. The fourth-order valence-electron chi connectivity index (χ4n) is 3.95. The van der Waals surface area contributed by atoms with Gasteiger partial charge in [0.05, 0.1) is 12.7 Å². The molecule has 4 rings (SSSR count). The lowest BCUT2D eigenvalue weighted by Gasteiger charge is -2.35. The van der Waals surface area contributed by atoms with Gasteiger partial charge in [-0.05, 0) is 24.1 Å². The van der Waals surface area contributed by atoms with E-state index in [1.807, 2.05) is 18.2 Å². The summed E-state index contributed by atoms with van der Waals surface area (Å²) in [6.45, 7) is 3.08. The molecule has 2 aliphatic heterocycles. The highest BCUT2D eigenvalue weighted by Crippen LogP contribution is 2.30. The van der Waals surface area contributed by atoms with Crippen molar-refractivity contribution >= 4 is 5.91 Å². The van der Waals surface area contributed by atoms with E-state index in [4.69, 9.17) is 15.2 Å². The molecule has 7 nitrogen and oxygen atoms in total. The van der Waals surface area contributed by atoms with Crippen molar-refractivity contribution in [1.29, 1.82) is 0 Å². The Bertz CT molecular complexity index is 801. The number of amides is 1. The van der Waals surface area contributed by atoms with Crippen molar-refractivity contribution in [2.45, 2.75) is 24.6 Å². The molecule has 0 spiro atoms. The molecule has 2 saturated heterocycles. The molecule has 148 valence electrons. The van der Waals surface area contributed by atoms with Crippen LogP contribution in [-0.4, -0.2) is 60.7 Å². The molecular weight excluding hydrogens is 356 g/mol. The second kappa shape index (κ2) is 8.68. The van der Waals surface area contributed by atoms with E-state index in [9.17, 15) is 4.79 Å². The average Bonchev–Trinajstić information content (AvgIpc) is 3.14. The van der Waals surface area contributed by atoms with Crippen LogP contribution in [0.4, 0.5) is 0 Å². The van der Waals surface area contributed by atoms with E-state index in [1.54, 1.807) is 18.3 Å². The molecule has 7 heteroatoms. The summed E-state index contributed by atoms with van der Waals surface area (Å²) in [7, 11) is 0. The number of ether oxygens (including phenoxy) is 2. The van der Waals surface area contributed by atoms with Crippen LogP contribution in [0.15, 0.2) is 48.7 Å². The third-order valence-electron chi connectivity index (χ3n) is 5.29. The second-order valence-corrected chi connectivity index (χ2v) is 7.23. The summed E-state index contributed by atoms with van der Waals surface area (Å²) in [6.07, 6.45) is 2.55. The van der Waals surface area contributed by atoms with Crippen molar-refractivity contribution in [3.8, 4) is 5.75 Å². The Kier molecular flexibility index (Phi) is 5.85. The number of aromatic nitrogens is 1. The molecule has 0 radical (unpaired) electrons. The SMILES string of the molecule is NCCOc1cccnc1C(=O)N[C@H]1C[C@H]2CO[C@@H](c3ccccc3)CN2C1. The standard InChI is InChI=1S/C21H26N4O3/c22-8-10-27-18-7-4-9-23-20(18)21(26)24-16-11-17-14-28-19(13-25(17)12-16)15-5-2-1-3-6-15/h1-7,9,16-17,19H,8,10-14,22H2,(H,24,26)/t16-,17-,19+/m0/s1. The van der Waals surface area contributed by atoms with Crippen molar-refractivity contribution < 1.29 is 14.3 Å². The number of nitrogens with zero attached hydrogens (tertiary/aromatic N) is 2. The fraction of sp³-hybridized carbons (Fsp3) is 0.429. The van der Waals surface area contributed by atoms with Crippen molar-refractivity contribution in [3.05, 3.63) is 59.9 Å². The van der Waals surface area contributed by atoms with E-state index < -0.39 is 0 Å². The highest BCUT2D eigenvalue weighted by molar-refractivity contribution is 5.95. The summed E-state index contributed by atoms with van der Waals surface area (Å²) in [5.41, 5.74) is 6.99. The monoisotopic (exact) mass is 382 g/mol. The van der Waals surface area contributed by atoms with Crippen molar-refractivity contribution in [1.82, 2.24) is 15.2 Å². The van der Waals surface area contributed by atoms with Crippen LogP contribution in [0.5, 0.6) is 5.75 Å². The minimum atomic E-state index is -0.210. The average molecular weight is 382 g/mol. The summed E-state index contributed by atoms with van der Waals surface area (Å²) in [5.74, 6) is 0.256. The maximum absolute atomic E-state index is 12.7. The third-order valence-corrected chi connectivity index (χ3v) is 5.29. The van der Waals surface area contributed by atoms with Gasteiger partial charge < -0.3 is 20.5 Å². The number of carbonyl (C=O) groups is 1. The number of carbonyl (C=O) groups excluding carboxylic acids is 1. The van der Waals surface area contributed by atoms with Crippen molar-refractivity contribution in [2.24, 2.45) is 5.73 Å². The van der Waals surface area contributed by atoms with Crippen LogP contribution in [0.25, 0.3) is 0 Å². The lowest BCUT2D eigenvalue weighted by molar-refractivity contribution is -0.0502. The summed E-state index contributed by atoms with van der Waals surface area (Å²) in [4.78, 5) is 19.4. The molecule has 2 fully saturated rings. The Morgan fingerprint density at radius 3 is 2.93 bits per heavy atom. The van der Waals surface area contributed by atoms with Gasteiger partial charge in [-0.15, -0.1) is 0 Å². The minimum absolute atomic E-state index is 0.0694. The fourth-order valence-corrected chi connectivity index (χ4v) is 3.95. The molecule has 3 atom stereocenters. The van der Waals surface area contributed by atoms with E-state index in [2.05, 4.69) is 27.3 Å². The van der Waals surface area contributed by atoms with Gasteiger partial charge in [0.1, 0.15) is 6.61 Å². The first kappa shape index (κ1) is 18.9. The summed E-state index contributed by atoms with van der Waals surface area (Å²) < 4.78 is 11.6. The highest BCUT2D eigenvalue weighted by Gasteiger charge is 2.38. The molecule has 3 heterocycles. The molecule has 28 heavy (non-hydrogen) atoms. The molecule has 1 amide bonds. The van der Waals surface area contributed by atoms with Gasteiger partial charge in [0.25, 0.3) is 5.91 Å². The largest absolute Gasteiger partial charge is 0.490 e. The van der Waals surface area contributed by atoms with E-state index >= 15 is 0 Å². The zero-order chi connectivity index (χ0) is 19.3. The lowest BCUT2D eigenvalue weighted by atomic mass is 10.1. The molecule has 0 unspecified atom stereocenters. The number of fused-ring (bicyclic) bond motifs is 1. The zero-order valence-electron chi connectivity index (χ0n) is 15.8. The molecule has 2 aromatic rings. The summed E-state index contributed by atoms with van der Waals surface area (Å²) in [6, 6.07) is 14.2. The van der Waals surface area contributed by atoms with Gasteiger partial charge in [0, 0.05) is 37.9 Å². The molecule has 1 aromatic carbocycles. The quantitative estimate of drug-likeness (QED) is 0.784. The van der Waals surface area contributed by atoms with E-state index in [1.165, 1.54) is 5.56 Å². The minimum Gasteiger partial charge on any atom is -0.490 e. The Labute approximate surface area is 164 Å². The highest BCUT2D eigenvalue weighted by atomic mass is 16.5. The second-order valence-electron chi connectivity index (χ2n) is 7.23. The number of nitrogens with two attached hydrogens (primary N) is 1. The van der Waals surface area contributed by atoms with Gasteiger partial charge in [0.2, 0.25) is 0 Å². The zero-order valence-corrected chi connectivity index (χ0v) is 15.8. The molecule has 0 aliphatic carbocycles. The number of hydrogen-bond donors (Lipinski definition) is 2. The van der Waals surface area contributed by atoms with Gasteiger partial charge in [-0.3, -0.25) is 9.69 Å². The van der Waals surface area contributed by atoms with Gasteiger partial charge in [-0.1, -0.05) is 30.3 Å². The maximum Gasteiger partial charge on any atom is 0.274 e. The number of benzene rings is 1. The Morgan fingerprint density at radius 2 is 2.11 bits per heavy atom. The van der Waals surface area contributed by atoms with Gasteiger partial charge >= 0.3 is 0 Å². The number of morpholine rings is 1. The number of rotatable bonds is 6. The lowest BCUT2D eigenvalue weighted by Crippen LogP contribution is -2.43. The molecule has 2 aliphatic rings. The van der Waals surface area contributed by atoms with Gasteiger partial charge in [-0.2, -0.15) is 0 Å². The number of nitrogens with one attached hydrogen (secondary N) is 1. The smallest absolute Gasteiger partial charge is 0.274 e. The first-order valence-corrected chi connectivity index (χ1v) is 9.74. The van der Waals surface area contributed by atoms with E-state index in [0.717, 1.165) is 19.5 Å². The molecule has 1 aromatic heterocycles. The summed E-state index contributed by atoms with van der Waals surface area (Å²) >= 11 is 0. The van der Waals surface area contributed by atoms with Crippen LogP contribution >= 0.6 is 0 Å². The third kappa shape index (κ3) is 4.16. The van der Waals surface area contributed by atoms with E-state index in [-0.39, 0.29) is 18.1 Å². The normalized spacial score (nSPS) is 24.5. The first-order valence-electron chi connectivity index (χ1n) is 9.74. The van der Waals surface area contributed by atoms with Crippen LogP contribution in [0, 0.1) is 0 Å². The Morgan fingerprint density at radius 1 is 1.25 bits per heavy atom. The van der Waals surface area contributed by atoms with Gasteiger partial charge in [0.15, 0.2) is 11.4 Å². The van der Waals surface area contributed by atoms with Crippen molar-refractivity contribution in [3.63, 3.8) is 0 Å². The first-order chi connectivity index (χ1) is 13.7. The molecule has 0 saturated carbocycles. The van der Waals surface area contributed by atoms with Crippen molar-refractivity contribution in [2.75, 3.05) is 32.8 Å². The topological polar surface area (TPSA) is 89.7 Å². The van der Waals surface area contributed by atoms with Crippen LogP contribution in [0.1, 0.15) is 28.6 Å². The van der Waals surface area contributed by atoms with Crippen LogP contribution < -0.4 is 15.8 Å². The Hall–Kier alpha value is -2.48. The molecule has 0 bridgehead atoms.